The normalized spacial score (nSPS) is 10.5. The molecule has 1 heterocycles. The SMILES string of the molecule is CCOc1ccc(NC(=O)Cc2nnc(SCC(=O)Nc3ccc(F)cc3)n2C)cc1. The Morgan fingerprint density at radius 3 is 2.26 bits per heavy atom. The minimum Gasteiger partial charge on any atom is -0.494 e. The predicted octanol–water partition coefficient (Wildman–Crippen LogP) is 3.26. The van der Waals surface area contributed by atoms with Gasteiger partial charge in [0, 0.05) is 18.4 Å². The van der Waals surface area contributed by atoms with E-state index in [2.05, 4.69) is 20.8 Å². The highest BCUT2D eigenvalue weighted by atomic mass is 32.2. The summed E-state index contributed by atoms with van der Waals surface area (Å²) in [5.74, 6) is 0.455. The van der Waals surface area contributed by atoms with E-state index in [-0.39, 0.29) is 29.8 Å². The average molecular weight is 444 g/mol. The third-order valence-electron chi connectivity index (χ3n) is 4.15. The second-order valence-corrected chi connectivity index (χ2v) is 7.43. The van der Waals surface area contributed by atoms with Gasteiger partial charge >= 0.3 is 0 Å². The van der Waals surface area contributed by atoms with Gasteiger partial charge in [0.25, 0.3) is 0 Å². The van der Waals surface area contributed by atoms with E-state index in [4.69, 9.17) is 4.74 Å². The summed E-state index contributed by atoms with van der Waals surface area (Å²) in [5.41, 5.74) is 1.17. The van der Waals surface area contributed by atoms with E-state index in [0.717, 1.165) is 5.75 Å². The van der Waals surface area contributed by atoms with E-state index in [9.17, 15) is 14.0 Å². The summed E-state index contributed by atoms with van der Waals surface area (Å²) in [5, 5.41) is 14.1. The van der Waals surface area contributed by atoms with Crippen LogP contribution in [0, 0.1) is 5.82 Å². The van der Waals surface area contributed by atoms with Gasteiger partial charge in [0.1, 0.15) is 17.4 Å². The first-order chi connectivity index (χ1) is 14.9. The van der Waals surface area contributed by atoms with Gasteiger partial charge in [0.2, 0.25) is 11.8 Å². The number of nitrogens with zero attached hydrogens (tertiary/aromatic N) is 3. The molecule has 0 saturated heterocycles. The van der Waals surface area contributed by atoms with Crippen LogP contribution >= 0.6 is 11.8 Å². The van der Waals surface area contributed by atoms with Crippen LogP contribution in [0.1, 0.15) is 12.7 Å². The molecule has 0 saturated carbocycles. The van der Waals surface area contributed by atoms with E-state index < -0.39 is 0 Å². The first-order valence-electron chi connectivity index (χ1n) is 9.53. The largest absolute Gasteiger partial charge is 0.494 e. The zero-order valence-corrected chi connectivity index (χ0v) is 17.9. The Hall–Kier alpha value is -3.40. The lowest BCUT2D eigenvalue weighted by Crippen LogP contribution is -2.17. The third-order valence-corrected chi connectivity index (χ3v) is 5.17. The molecule has 0 aliphatic rings. The minimum atomic E-state index is -0.370. The zero-order valence-electron chi connectivity index (χ0n) is 17.1. The minimum absolute atomic E-state index is 0.0407. The lowest BCUT2D eigenvalue weighted by molar-refractivity contribution is -0.116. The molecule has 3 rings (SSSR count). The second-order valence-electron chi connectivity index (χ2n) is 6.48. The molecule has 3 aromatic rings. The van der Waals surface area contributed by atoms with Crippen LogP contribution in [0.15, 0.2) is 53.7 Å². The molecule has 8 nitrogen and oxygen atoms in total. The van der Waals surface area contributed by atoms with Crippen LogP contribution in [0.5, 0.6) is 5.75 Å². The summed E-state index contributed by atoms with van der Waals surface area (Å²) in [6, 6.07) is 12.6. The van der Waals surface area contributed by atoms with Crippen molar-refractivity contribution in [2.75, 3.05) is 23.0 Å². The lowest BCUT2D eigenvalue weighted by Gasteiger charge is -2.07. The number of carbonyl (C=O) groups excluding carboxylic acids is 2. The number of halogens is 1. The van der Waals surface area contributed by atoms with Crippen LogP contribution in [0.4, 0.5) is 15.8 Å². The Kier molecular flexibility index (Phi) is 7.60. The van der Waals surface area contributed by atoms with Gasteiger partial charge in [-0.2, -0.15) is 0 Å². The molecule has 0 aliphatic heterocycles. The Bertz CT molecular complexity index is 1040. The molecular formula is C21H22FN5O3S. The van der Waals surface area contributed by atoms with Gasteiger partial charge in [-0.05, 0) is 55.5 Å². The first kappa shape index (κ1) is 22.3. The van der Waals surface area contributed by atoms with E-state index >= 15 is 0 Å². The van der Waals surface area contributed by atoms with Gasteiger partial charge in [-0.25, -0.2) is 4.39 Å². The summed E-state index contributed by atoms with van der Waals surface area (Å²) in [7, 11) is 1.74. The highest BCUT2D eigenvalue weighted by molar-refractivity contribution is 7.99. The maximum Gasteiger partial charge on any atom is 0.234 e. The standard InChI is InChI=1S/C21H22FN5O3S/c1-3-30-17-10-8-16(9-11-17)23-19(28)12-18-25-26-21(27(18)2)31-13-20(29)24-15-6-4-14(22)5-7-15/h4-11H,3,12-13H2,1-2H3,(H,23,28)(H,24,29). The summed E-state index contributed by atoms with van der Waals surface area (Å²) < 4.78 is 20.0. The molecule has 0 spiro atoms. The van der Waals surface area contributed by atoms with Crippen LogP contribution < -0.4 is 15.4 Å². The fraction of sp³-hybridized carbons (Fsp3) is 0.238. The van der Waals surface area contributed by atoms with Crippen molar-refractivity contribution in [2.24, 2.45) is 7.05 Å². The molecule has 2 aromatic carbocycles. The fourth-order valence-corrected chi connectivity index (χ4v) is 3.36. The van der Waals surface area contributed by atoms with Crippen molar-refractivity contribution in [3.63, 3.8) is 0 Å². The van der Waals surface area contributed by atoms with Crippen LogP contribution in [0.25, 0.3) is 0 Å². The van der Waals surface area contributed by atoms with Gasteiger partial charge < -0.3 is 19.9 Å². The number of benzene rings is 2. The van der Waals surface area contributed by atoms with Crippen molar-refractivity contribution in [1.82, 2.24) is 14.8 Å². The van der Waals surface area contributed by atoms with Crippen molar-refractivity contribution in [3.05, 3.63) is 60.2 Å². The smallest absolute Gasteiger partial charge is 0.234 e. The second kappa shape index (κ2) is 10.6. The summed E-state index contributed by atoms with van der Waals surface area (Å²) in [6.45, 7) is 2.48. The molecule has 0 fully saturated rings. The van der Waals surface area contributed by atoms with Crippen molar-refractivity contribution >= 4 is 35.0 Å². The highest BCUT2D eigenvalue weighted by Gasteiger charge is 2.15. The van der Waals surface area contributed by atoms with E-state index in [0.29, 0.717) is 29.0 Å². The number of aromatic nitrogens is 3. The van der Waals surface area contributed by atoms with Crippen LogP contribution in [0.2, 0.25) is 0 Å². The molecule has 0 aliphatic carbocycles. The number of carbonyl (C=O) groups is 2. The maximum atomic E-state index is 12.9. The molecule has 0 atom stereocenters. The third kappa shape index (κ3) is 6.54. The zero-order chi connectivity index (χ0) is 22.2. The number of rotatable bonds is 9. The molecular weight excluding hydrogens is 421 g/mol. The predicted molar refractivity (Wildman–Crippen MR) is 117 cm³/mol. The summed E-state index contributed by atoms with van der Waals surface area (Å²) in [6.07, 6.45) is 0.0407. The number of hydrogen-bond donors (Lipinski definition) is 2. The Labute approximate surface area is 183 Å². The number of hydrogen-bond acceptors (Lipinski definition) is 6. The van der Waals surface area contributed by atoms with Gasteiger partial charge in [-0.15, -0.1) is 10.2 Å². The Balaban J connectivity index is 1.50. The summed E-state index contributed by atoms with van der Waals surface area (Å²) >= 11 is 1.19. The molecule has 0 bridgehead atoms. The molecule has 0 unspecified atom stereocenters. The van der Waals surface area contributed by atoms with Crippen molar-refractivity contribution in [3.8, 4) is 5.75 Å². The number of anilines is 2. The molecule has 10 heteroatoms. The van der Waals surface area contributed by atoms with E-state index in [1.165, 1.54) is 36.0 Å². The topological polar surface area (TPSA) is 98.1 Å². The number of thioether (sulfide) groups is 1. The molecule has 0 radical (unpaired) electrons. The lowest BCUT2D eigenvalue weighted by atomic mass is 10.3. The monoisotopic (exact) mass is 443 g/mol. The van der Waals surface area contributed by atoms with Gasteiger partial charge in [-0.1, -0.05) is 11.8 Å². The van der Waals surface area contributed by atoms with E-state index in [1.54, 1.807) is 35.9 Å². The van der Waals surface area contributed by atoms with Crippen molar-refractivity contribution in [2.45, 2.75) is 18.5 Å². The molecule has 2 N–H and O–H groups in total. The number of ether oxygens (including phenoxy) is 1. The maximum absolute atomic E-state index is 12.9. The molecule has 2 amide bonds. The highest BCUT2D eigenvalue weighted by Crippen LogP contribution is 2.18. The van der Waals surface area contributed by atoms with Crippen LogP contribution in [0.3, 0.4) is 0 Å². The molecule has 162 valence electrons. The van der Waals surface area contributed by atoms with Gasteiger partial charge in [0.05, 0.1) is 18.8 Å². The first-order valence-corrected chi connectivity index (χ1v) is 10.5. The number of amides is 2. The van der Waals surface area contributed by atoms with Crippen molar-refractivity contribution < 1.29 is 18.7 Å². The average Bonchev–Trinajstić information content (AvgIpc) is 3.09. The van der Waals surface area contributed by atoms with Gasteiger partial charge in [-0.3, -0.25) is 9.59 Å². The van der Waals surface area contributed by atoms with Crippen molar-refractivity contribution in [1.29, 1.82) is 0 Å². The van der Waals surface area contributed by atoms with Crippen LogP contribution in [-0.2, 0) is 23.1 Å². The number of nitrogens with one attached hydrogen (secondary N) is 2. The molecule has 1 aromatic heterocycles. The fourth-order valence-electron chi connectivity index (χ4n) is 2.64. The Morgan fingerprint density at radius 2 is 1.61 bits per heavy atom. The quantitative estimate of drug-likeness (QED) is 0.493. The summed E-state index contributed by atoms with van der Waals surface area (Å²) in [4.78, 5) is 24.4. The molecule has 31 heavy (non-hydrogen) atoms. The van der Waals surface area contributed by atoms with Crippen LogP contribution in [-0.4, -0.2) is 38.9 Å². The van der Waals surface area contributed by atoms with E-state index in [1.807, 2.05) is 6.92 Å². The Morgan fingerprint density at radius 1 is 1.00 bits per heavy atom. The van der Waals surface area contributed by atoms with Gasteiger partial charge in [0.15, 0.2) is 5.16 Å².